The number of hydrogen-bond donors (Lipinski definition) is 0. The standard InChI is InChI=1S/C35H34O6S/c1-4-9-25-20-28(40-29-15-17-34-31(22-29)30-12-5-6-13-33(30)41-34)14-16-32(25)39-19-8-18-38-27-11-7-10-26(21-27)35(23(2)36)42-24(3)37/h5-7,10-17,20-22,35H,4,8-9,18-19H2,1-3H3. The summed E-state index contributed by atoms with van der Waals surface area (Å²) in [6.45, 7) is 6.07. The lowest BCUT2D eigenvalue weighted by Gasteiger charge is -2.15. The molecule has 0 radical (unpaired) electrons. The van der Waals surface area contributed by atoms with Crippen LogP contribution in [-0.4, -0.2) is 24.1 Å². The molecule has 0 N–H and O–H groups in total. The van der Waals surface area contributed by atoms with Crippen LogP contribution in [0.3, 0.4) is 0 Å². The zero-order valence-electron chi connectivity index (χ0n) is 24.1. The van der Waals surface area contributed by atoms with E-state index in [2.05, 4.69) is 13.0 Å². The van der Waals surface area contributed by atoms with E-state index >= 15 is 0 Å². The third-order valence-corrected chi connectivity index (χ3v) is 7.94. The van der Waals surface area contributed by atoms with Gasteiger partial charge in [-0.2, -0.15) is 0 Å². The number of aryl methyl sites for hydroxylation is 1. The normalized spacial score (nSPS) is 11.9. The number of hydrogen-bond acceptors (Lipinski definition) is 7. The van der Waals surface area contributed by atoms with Crippen molar-refractivity contribution in [3.63, 3.8) is 0 Å². The molecule has 7 heteroatoms. The molecule has 4 aromatic carbocycles. The molecule has 216 valence electrons. The Morgan fingerprint density at radius 2 is 1.55 bits per heavy atom. The van der Waals surface area contributed by atoms with Crippen LogP contribution in [0.2, 0.25) is 0 Å². The second-order valence-electron chi connectivity index (χ2n) is 10.1. The highest BCUT2D eigenvalue weighted by atomic mass is 32.2. The molecular formula is C35H34O6S. The van der Waals surface area contributed by atoms with Crippen LogP contribution in [0.15, 0.2) is 89.3 Å². The lowest BCUT2D eigenvalue weighted by atomic mass is 10.1. The number of benzene rings is 4. The van der Waals surface area contributed by atoms with E-state index in [0.717, 1.165) is 74.9 Å². The van der Waals surface area contributed by atoms with Crippen molar-refractivity contribution in [2.75, 3.05) is 13.2 Å². The SMILES string of the molecule is CCCc1cc(Oc2ccc3oc4ccccc4c3c2)ccc1OCCCOc1cccc(C(SC(C)=O)C(C)=O)c1. The lowest BCUT2D eigenvalue weighted by molar-refractivity contribution is -0.117. The molecular weight excluding hydrogens is 548 g/mol. The molecule has 1 atom stereocenters. The molecule has 1 unspecified atom stereocenters. The average molecular weight is 583 g/mol. The molecule has 0 aliphatic carbocycles. The first kappa shape index (κ1) is 29.3. The number of carbonyl (C=O) groups excluding carboxylic acids is 2. The van der Waals surface area contributed by atoms with Gasteiger partial charge in [-0.1, -0.05) is 55.4 Å². The minimum absolute atomic E-state index is 0.0623. The van der Waals surface area contributed by atoms with Crippen molar-refractivity contribution in [1.29, 1.82) is 0 Å². The molecule has 6 nitrogen and oxygen atoms in total. The maximum Gasteiger partial charge on any atom is 0.186 e. The molecule has 5 rings (SSSR count). The summed E-state index contributed by atoms with van der Waals surface area (Å²) in [6, 6.07) is 27.2. The summed E-state index contributed by atoms with van der Waals surface area (Å²) in [5, 5.41) is 1.48. The van der Waals surface area contributed by atoms with Gasteiger partial charge in [0.25, 0.3) is 0 Å². The quantitative estimate of drug-likeness (QED) is 0.128. The zero-order chi connectivity index (χ0) is 29.5. The summed E-state index contributed by atoms with van der Waals surface area (Å²) < 4.78 is 24.2. The van der Waals surface area contributed by atoms with Gasteiger partial charge in [0.15, 0.2) is 5.12 Å². The Balaban J connectivity index is 1.18. The van der Waals surface area contributed by atoms with Crippen molar-refractivity contribution in [2.24, 2.45) is 0 Å². The van der Waals surface area contributed by atoms with Crippen LogP contribution in [0.25, 0.3) is 21.9 Å². The first-order chi connectivity index (χ1) is 20.4. The van der Waals surface area contributed by atoms with Gasteiger partial charge in [-0.3, -0.25) is 9.59 Å². The van der Waals surface area contributed by atoms with E-state index < -0.39 is 5.25 Å². The Morgan fingerprint density at radius 1 is 0.786 bits per heavy atom. The van der Waals surface area contributed by atoms with Crippen molar-refractivity contribution in [2.45, 2.75) is 45.3 Å². The van der Waals surface area contributed by atoms with Gasteiger partial charge in [-0.25, -0.2) is 0 Å². The topological polar surface area (TPSA) is 75.0 Å². The van der Waals surface area contributed by atoms with Crippen molar-refractivity contribution >= 4 is 44.6 Å². The molecule has 0 spiro atoms. The van der Waals surface area contributed by atoms with Crippen molar-refractivity contribution in [1.82, 2.24) is 0 Å². The van der Waals surface area contributed by atoms with E-state index in [-0.39, 0.29) is 10.9 Å². The molecule has 0 saturated heterocycles. The van der Waals surface area contributed by atoms with Gasteiger partial charge < -0.3 is 18.6 Å². The largest absolute Gasteiger partial charge is 0.493 e. The van der Waals surface area contributed by atoms with Crippen molar-refractivity contribution in [3.8, 4) is 23.0 Å². The summed E-state index contributed by atoms with van der Waals surface area (Å²) in [7, 11) is 0. The van der Waals surface area contributed by atoms with Gasteiger partial charge in [-0.05, 0) is 79.1 Å². The lowest BCUT2D eigenvalue weighted by Crippen LogP contribution is -2.08. The Kier molecular flexibility index (Phi) is 9.49. The number of ether oxygens (including phenoxy) is 3. The molecule has 1 aromatic heterocycles. The highest BCUT2D eigenvalue weighted by Gasteiger charge is 2.20. The number of para-hydroxylation sites is 1. The number of fused-ring (bicyclic) bond motifs is 3. The smallest absolute Gasteiger partial charge is 0.186 e. The molecule has 0 saturated carbocycles. The fourth-order valence-corrected chi connectivity index (χ4v) is 5.66. The van der Waals surface area contributed by atoms with Gasteiger partial charge in [0.05, 0.1) is 18.5 Å². The molecule has 0 aliphatic rings. The summed E-state index contributed by atoms with van der Waals surface area (Å²) in [4.78, 5) is 23.6. The Bertz CT molecular complexity index is 1700. The molecule has 0 bridgehead atoms. The molecule has 1 heterocycles. The van der Waals surface area contributed by atoms with Crippen molar-refractivity contribution in [3.05, 3.63) is 96.1 Å². The van der Waals surface area contributed by atoms with Gasteiger partial charge in [0, 0.05) is 24.1 Å². The minimum Gasteiger partial charge on any atom is -0.493 e. The van der Waals surface area contributed by atoms with E-state index in [0.29, 0.717) is 25.4 Å². The van der Waals surface area contributed by atoms with Crippen LogP contribution in [0.5, 0.6) is 23.0 Å². The van der Waals surface area contributed by atoms with Crippen LogP contribution in [-0.2, 0) is 16.0 Å². The first-order valence-electron chi connectivity index (χ1n) is 14.2. The van der Waals surface area contributed by atoms with Crippen LogP contribution >= 0.6 is 11.8 Å². The zero-order valence-corrected chi connectivity index (χ0v) is 24.9. The Labute approximate surface area is 250 Å². The van der Waals surface area contributed by atoms with Crippen molar-refractivity contribution < 1.29 is 28.2 Å². The fourth-order valence-electron chi connectivity index (χ4n) is 4.88. The summed E-state index contributed by atoms with van der Waals surface area (Å²) in [6.07, 6.45) is 2.54. The molecule has 0 fully saturated rings. The summed E-state index contributed by atoms with van der Waals surface area (Å²) in [5.74, 6) is 2.95. The van der Waals surface area contributed by atoms with E-state index in [4.69, 9.17) is 18.6 Å². The average Bonchev–Trinajstić information content (AvgIpc) is 3.35. The van der Waals surface area contributed by atoms with Crippen LogP contribution in [0.1, 0.15) is 50.0 Å². The monoisotopic (exact) mass is 582 g/mol. The maximum absolute atomic E-state index is 12.0. The number of carbonyl (C=O) groups is 2. The predicted octanol–water partition coefficient (Wildman–Crippen LogP) is 9.09. The number of furan rings is 1. The molecule has 42 heavy (non-hydrogen) atoms. The first-order valence-corrected chi connectivity index (χ1v) is 15.0. The van der Waals surface area contributed by atoms with Gasteiger partial charge >= 0.3 is 0 Å². The van der Waals surface area contributed by atoms with Crippen LogP contribution < -0.4 is 14.2 Å². The van der Waals surface area contributed by atoms with Gasteiger partial charge in [0.1, 0.15) is 39.9 Å². The minimum atomic E-state index is -0.522. The second kappa shape index (κ2) is 13.6. The summed E-state index contributed by atoms with van der Waals surface area (Å²) >= 11 is 1.03. The van der Waals surface area contributed by atoms with E-state index in [1.807, 2.05) is 78.9 Å². The highest BCUT2D eigenvalue weighted by molar-refractivity contribution is 8.14. The summed E-state index contributed by atoms with van der Waals surface area (Å²) in [5.41, 5.74) is 3.56. The second-order valence-corrected chi connectivity index (χ2v) is 11.4. The molecule has 0 aliphatic heterocycles. The Hall–Kier alpha value is -4.23. The number of thioether (sulfide) groups is 1. The predicted molar refractivity (Wildman–Crippen MR) is 168 cm³/mol. The fraction of sp³-hybridized carbons (Fsp3) is 0.257. The van der Waals surface area contributed by atoms with E-state index in [1.165, 1.54) is 13.8 Å². The van der Waals surface area contributed by atoms with E-state index in [9.17, 15) is 9.59 Å². The maximum atomic E-state index is 12.0. The number of rotatable bonds is 13. The van der Waals surface area contributed by atoms with Gasteiger partial charge in [0.2, 0.25) is 0 Å². The molecule has 0 amide bonds. The number of ketones is 1. The third kappa shape index (κ3) is 7.15. The Morgan fingerprint density at radius 3 is 2.36 bits per heavy atom. The van der Waals surface area contributed by atoms with Gasteiger partial charge in [-0.15, -0.1) is 0 Å². The third-order valence-electron chi connectivity index (χ3n) is 6.76. The number of Topliss-reactive ketones (excluding diaryl/α,β-unsaturated/α-hetero) is 1. The van der Waals surface area contributed by atoms with E-state index in [1.54, 1.807) is 0 Å². The van der Waals surface area contributed by atoms with Crippen LogP contribution in [0, 0.1) is 0 Å². The highest BCUT2D eigenvalue weighted by Crippen LogP contribution is 2.35. The van der Waals surface area contributed by atoms with Crippen LogP contribution in [0.4, 0.5) is 0 Å². The molecule has 5 aromatic rings.